The second-order valence-corrected chi connectivity index (χ2v) is 14.6. The van der Waals surface area contributed by atoms with Crippen LogP contribution in [0.15, 0.2) is 81.2 Å². The number of aromatic nitrogens is 5. The van der Waals surface area contributed by atoms with Crippen LogP contribution >= 0.6 is 0 Å². The molecule has 0 bridgehead atoms. The number of sulfone groups is 1. The molecule has 0 atom stereocenters. The Morgan fingerprint density at radius 2 is 1.75 bits per heavy atom. The number of nitrogens with one attached hydrogen (secondary N) is 1. The van der Waals surface area contributed by atoms with Crippen molar-refractivity contribution in [2.24, 2.45) is 0 Å². The highest BCUT2D eigenvalue weighted by molar-refractivity contribution is 7.90. The Hall–Kier alpha value is -5.51. The molecule has 16 heteroatoms. The number of hydrogen-bond acceptors (Lipinski definition) is 10. The molecule has 0 saturated carbocycles. The van der Waals surface area contributed by atoms with Gasteiger partial charge in [-0.2, -0.15) is 8.78 Å². The van der Waals surface area contributed by atoms with Gasteiger partial charge >= 0.3 is 12.6 Å². The Balaban J connectivity index is 1.25. The van der Waals surface area contributed by atoms with Crippen molar-refractivity contribution in [3.8, 4) is 22.7 Å². The molecular formula is C35H32F3N5O7S. The van der Waals surface area contributed by atoms with Gasteiger partial charge in [-0.1, -0.05) is 11.2 Å². The summed E-state index contributed by atoms with van der Waals surface area (Å²) in [5.41, 5.74) is 0.978. The summed E-state index contributed by atoms with van der Waals surface area (Å²) in [6.07, 6.45) is 1.51. The SMILES string of the molecule is CC(C)(C)OC(=O)CCCCc1nc2cc(-c3cc(CS(=O)(=O)c4nc5ccc(OC(F)F)cc5[nH]4)on3)ccc2c(=O)n1-c1ccc(F)cc1. The number of nitrogens with zero attached hydrogens (tertiary/aromatic N) is 4. The highest BCUT2D eigenvalue weighted by Gasteiger charge is 2.24. The third-order valence-corrected chi connectivity index (χ3v) is 9.06. The number of rotatable bonds is 12. The summed E-state index contributed by atoms with van der Waals surface area (Å²) >= 11 is 0. The van der Waals surface area contributed by atoms with Crippen LogP contribution < -0.4 is 10.3 Å². The van der Waals surface area contributed by atoms with Crippen LogP contribution in [0.1, 0.15) is 51.6 Å². The average Bonchev–Trinajstić information content (AvgIpc) is 3.70. The maximum Gasteiger partial charge on any atom is 0.387 e. The highest BCUT2D eigenvalue weighted by Crippen LogP contribution is 2.27. The molecule has 0 fully saturated rings. The lowest BCUT2D eigenvalue weighted by Gasteiger charge is -2.19. The van der Waals surface area contributed by atoms with Crippen molar-refractivity contribution in [3.63, 3.8) is 0 Å². The molecule has 3 aromatic carbocycles. The first-order valence-electron chi connectivity index (χ1n) is 15.8. The number of hydrogen-bond donors (Lipinski definition) is 1. The van der Waals surface area contributed by atoms with Crippen LogP contribution in [0.4, 0.5) is 13.2 Å². The number of ether oxygens (including phenoxy) is 2. The summed E-state index contributed by atoms with van der Waals surface area (Å²) in [5, 5.41) is 3.91. The smallest absolute Gasteiger partial charge is 0.387 e. The van der Waals surface area contributed by atoms with Gasteiger partial charge in [0, 0.05) is 30.5 Å². The number of alkyl halides is 2. The quantitative estimate of drug-likeness (QED) is 0.107. The number of H-pyrrole nitrogens is 1. The van der Waals surface area contributed by atoms with Crippen LogP contribution in [0.5, 0.6) is 5.75 Å². The average molecular weight is 724 g/mol. The summed E-state index contributed by atoms with van der Waals surface area (Å²) in [6, 6.07) is 15.5. The second kappa shape index (κ2) is 14.0. The van der Waals surface area contributed by atoms with E-state index < -0.39 is 38.8 Å². The Bertz CT molecular complexity index is 2400. The maximum atomic E-state index is 13.8. The van der Waals surface area contributed by atoms with E-state index in [4.69, 9.17) is 14.2 Å². The lowest BCUT2D eigenvalue weighted by atomic mass is 10.1. The van der Waals surface area contributed by atoms with Crippen molar-refractivity contribution in [1.82, 2.24) is 24.7 Å². The molecule has 0 radical (unpaired) electrons. The molecule has 3 heterocycles. The first kappa shape index (κ1) is 35.3. The van der Waals surface area contributed by atoms with Gasteiger partial charge in [0.2, 0.25) is 15.0 Å². The fourth-order valence-electron chi connectivity index (χ4n) is 5.42. The number of unbranched alkanes of at least 4 members (excludes halogenated alkanes) is 1. The van der Waals surface area contributed by atoms with Gasteiger partial charge in [-0.3, -0.25) is 14.2 Å². The van der Waals surface area contributed by atoms with Crippen molar-refractivity contribution in [2.75, 3.05) is 0 Å². The van der Waals surface area contributed by atoms with E-state index >= 15 is 0 Å². The van der Waals surface area contributed by atoms with Crippen molar-refractivity contribution < 1.29 is 40.4 Å². The number of aryl methyl sites for hydroxylation is 1. The molecule has 0 spiro atoms. The lowest BCUT2D eigenvalue weighted by molar-refractivity contribution is -0.154. The van der Waals surface area contributed by atoms with E-state index in [-0.39, 0.29) is 51.6 Å². The molecule has 0 saturated heterocycles. The Morgan fingerprint density at radius 1 is 0.980 bits per heavy atom. The standard InChI is InChI=1S/C35H32F3N5O7S/c1-35(2,3)49-31(44)7-5-4-6-30-39-28-16-20(8-14-25(28)32(45)43(30)22-11-9-21(36)10-12-22)27-18-24(50-42-27)19-51(46,47)34-40-26-15-13-23(48-33(37)38)17-29(26)41-34/h8-18,33H,4-7,19H2,1-3H3,(H,40,41). The van der Waals surface area contributed by atoms with E-state index in [0.717, 1.165) is 0 Å². The number of carbonyl (C=O) groups excluding carboxylic acids is 1. The van der Waals surface area contributed by atoms with Gasteiger partial charge in [0.25, 0.3) is 5.56 Å². The summed E-state index contributed by atoms with van der Waals surface area (Å²) < 4.78 is 81.8. The second-order valence-electron chi connectivity index (χ2n) is 12.7. The van der Waals surface area contributed by atoms with E-state index in [2.05, 4.69) is 19.9 Å². The van der Waals surface area contributed by atoms with E-state index in [0.29, 0.717) is 41.9 Å². The fraction of sp³-hybridized carbons (Fsp3) is 0.286. The Morgan fingerprint density at radius 3 is 2.47 bits per heavy atom. The minimum absolute atomic E-state index is 0.00219. The first-order chi connectivity index (χ1) is 24.1. The predicted octanol–water partition coefficient (Wildman–Crippen LogP) is 6.69. The molecule has 0 aliphatic rings. The van der Waals surface area contributed by atoms with Crippen LogP contribution in [0, 0.1) is 5.82 Å². The summed E-state index contributed by atoms with van der Waals surface area (Å²) in [7, 11) is -4.08. The van der Waals surface area contributed by atoms with Gasteiger partial charge in [-0.25, -0.2) is 22.8 Å². The summed E-state index contributed by atoms with van der Waals surface area (Å²) in [4.78, 5) is 37.5. The molecule has 0 unspecified atom stereocenters. The van der Waals surface area contributed by atoms with Crippen molar-refractivity contribution in [3.05, 3.63) is 94.5 Å². The molecule has 51 heavy (non-hydrogen) atoms. The van der Waals surface area contributed by atoms with E-state index in [1.807, 2.05) is 0 Å². The number of imidazole rings is 1. The molecule has 3 aromatic heterocycles. The number of benzene rings is 3. The number of aromatic amines is 1. The lowest BCUT2D eigenvalue weighted by Crippen LogP contribution is -2.24. The zero-order chi connectivity index (χ0) is 36.5. The van der Waals surface area contributed by atoms with Gasteiger partial charge in [0.15, 0.2) is 5.76 Å². The molecule has 0 amide bonds. The summed E-state index contributed by atoms with van der Waals surface area (Å²) in [6.45, 7) is 2.33. The Kier molecular flexibility index (Phi) is 9.71. The monoisotopic (exact) mass is 723 g/mol. The van der Waals surface area contributed by atoms with Gasteiger partial charge in [-0.15, -0.1) is 0 Å². The molecule has 0 aliphatic heterocycles. The molecular weight excluding hydrogens is 691 g/mol. The van der Waals surface area contributed by atoms with Crippen molar-refractivity contribution in [1.29, 1.82) is 0 Å². The van der Waals surface area contributed by atoms with E-state index in [1.54, 1.807) is 39.0 Å². The molecule has 0 aliphatic carbocycles. The van der Waals surface area contributed by atoms with Crippen LogP contribution in [0.25, 0.3) is 38.9 Å². The largest absolute Gasteiger partial charge is 0.460 e. The van der Waals surface area contributed by atoms with Crippen molar-refractivity contribution in [2.45, 2.75) is 69.6 Å². The maximum absolute atomic E-state index is 13.8. The predicted molar refractivity (Wildman–Crippen MR) is 180 cm³/mol. The first-order valence-corrected chi connectivity index (χ1v) is 17.5. The van der Waals surface area contributed by atoms with Gasteiger partial charge in [0.1, 0.15) is 34.4 Å². The minimum Gasteiger partial charge on any atom is -0.460 e. The van der Waals surface area contributed by atoms with Gasteiger partial charge in [-0.05, 0) is 82.1 Å². The van der Waals surface area contributed by atoms with Crippen molar-refractivity contribution >= 4 is 37.7 Å². The zero-order valence-corrected chi connectivity index (χ0v) is 28.5. The number of esters is 1. The normalized spacial score (nSPS) is 12.2. The third kappa shape index (κ3) is 8.28. The van der Waals surface area contributed by atoms with Crippen LogP contribution in [0.3, 0.4) is 0 Å². The van der Waals surface area contributed by atoms with Crippen LogP contribution in [0.2, 0.25) is 0 Å². The van der Waals surface area contributed by atoms with Crippen LogP contribution in [-0.4, -0.2) is 51.3 Å². The Labute approximate surface area is 289 Å². The molecule has 6 aromatic rings. The van der Waals surface area contributed by atoms with Gasteiger partial charge in [0.05, 0.1) is 27.6 Å². The molecule has 1 N–H and O–H groups in total. The topological polar surface area (TPSA) is 159 Å². The van der Waals surface area contributed by atoms with E-state index in [1.165, 1.54) is 53.1 Å². The third-order valence-electron chi connectivity index (χ3n) is 7.61. The fourth-order valence-corrected chi connectivity index (χ4v) is 6.57. The molecule has 6 rings (SSSR count). The number of fused-ring (bicyclic) bond motifs is 2. The molecule has 12 nitrogen and oxygen atoms in total. The zero-order valence-electron chi connectivity index (χ0n) is 27.7. The molecule has 266 valence electrons. The number of halogens is 3. The van der Waals surface area contributed by atoms with E-state index in [9.17, 15) is 31.2 Å². The number of carbonyl (C=O) groups is 1. The summed E-state index contributed by atoms with van der Waals surface area (Å²) in [5.74, 6) is -1.17. The highest BCUT2D eigenvalue weighted by atomic mass is 32.2. The van der Waals surface area contributed by atoms with Gasteiger partial charge < -0.3 is 19.0 Å². The van der Waals surface area contributed by atoms with Crippen LogP contribution in [-0.2, 0) is 31.5 Å². The minimum atomic E-state index is -4.08.